The molecule has 0 bridgehead atoms. The number of anilines is 5. The van der Waals surface area contributed by atoms with Crippen LogP contribution in [0.4, 0.5) is 28.4 Å². The fraction of sp³-hybridized carbons (Fsp3) is 0.328. The summed E-state index contributed by atoms with van der Waals surface area (Å²) in [4.78, 5) is 78.9. The van der Waals surface area contributed by atoms with Gasteiger partial charge in [-0.25, -0.2) is 50.2 Å². The lowest BCUT2D eigenvalue weighted by Gasteiger charge is -2.24. The van der Waals surface area contributed by atoms with E-state index in [9.17, 15) is 50.4 Å². The lowest BCUT2D eigenvalue weighted by atomic mass is 9.86. The molecule has 98 heavy (non-hydrogen) atoms. The number of hydrogen-bond acceptors (Lipinski definition) is 22. The van der Waals surface area contributed by atoms with Gasteiger partial charge in [0.1, 0.15) is 5.57 Å². The highest BCUT2D eigenvalue weighted by Crippen LogP contribution is 2.40. The third kappa shape index (κ3) is 25.1. The van der Waals surface area contributed by atoms with E-state index in [0.29, 0.717) is 62.8 Å². The average molecular weight is 1400 g/mol. The minimum Gasteiger partial charge on any atom is -0.515 e. The second-order valence-corrected chi connectivity index (χ2v) is 26.4. The Morgan fingerprint density at radius 3 is 1.36 bits per heavy atom. The third-order valence-electron chi connectivity index (χ3n) is 13.2. The summed E-state index contributed by atoms with van der Waals surface area (Å²) in [5, 5.41) is 37.0. The number of carbonyl (C=O) groups is 7. The van der Waals surface area contributed by atoms with Gasteiger partial charge in [-0.05, 0) is 141 Å². The number of esters is 3. The molecule has 0 aliphatic carbocycles. The number of hydrogen-bond donors (Lipinski definition) is 9. The molecule has 2 heterocycles. The number of carboxylic acid groups (broad SMARTS) is 2. The molecule has 532 valence electrons. The van der Waals surface area contributed by atoms with Gasteiger partial charge in [0, 0.05) is 18.0 Å². The number of aromatic carboxylic acids is 2. The molecule has 0 fully saturated rings. The number of sulfonamides is 2. The van der Waals surface area contributed by atoms with E-state index < -0.39 is 55.8 Å². The van der Waals surface area contributed by atoms with Gasteiger partial charge >= 0.3 is 29.8 Å². The number of carboxylic acids is 2. The number of hydrazine groups is 1. The first-order chi connectivity index (χ1) is 45.2. The fourth-order valence-corrected chi connectivity index (χ4v) is 9.33. The number of nitrogens with zero attached hydrogens (tertiary/aromatic N) is 4. The highest BCUT2D eigenvalue weighted by molar-refractivity contribution is 7.92. The number of methoxy groups -OCH3 is 2. The summed E-state index contributed by atoms with van der Waals surface area (Å²) in [5.41, 5.74) is 16.3. The molecule has 0 unspecified atom stereocenters. The number of nitrogens with one attached hydrogen (secondary N) is 4. The van der Waals surface area contributed by atoms with Gasteiger partial charge in [-0.2, -0.15) is 10.2 Å². The van der Waals surface area contributed by atoms with Gasteiger partial charge in [-0.1, -0.05) is 67.2 Å². The van der Waals surface area contributed by atoms with E-state index in [1.807, 2.05) is 62.3 Å². The maximum absolute atomic E-state index is 13.3. The van der Waals surface area contributed by atoms with E-state index in [0.717, 1.165) is 40.3 Å². The van der Waals surface area contributed by atoms with Crippen LogP contribution >= 0.6 is 0 Å². The molecule has 7 aromatic rings. The quantitative estimate of drug-likeness (QED) is 0.00327. The van der Waals surface area contributed by atoms with Gasteiger partial charge in [0.2, 0.25) is 20.0 Å². The Morgan fingerprint density at radius 1 is 0.571 bits per heavy atom. The number of aliphatic hydroxyl groups is 1. The van der Waals surface area contributed by atoms with Crippen molar-refractivity contribution in [2.45, 2.75) is 101 Å². The summed E-state index contributed by atoms with van der Waals surface area (Å²) in [6, 6.07) is 21.6. The molecule has 11 N–H and O–H groups in total. The van der Waals surface area contributed by atoms with Crippen molar-refractivity contribution in [3.05, 3.63) is 171 Å². The Balaban J connectivity index is 0.000000454. The first-order valence-electron chi connectivity index (χ1n) is 29.3. The minimum atomic E-state index is -3.60. The lowest BCUT2D eigenvalue weighted by molar-refractivity contribution is -0.139. The van der Waals surface area contributed by atoms with Crippen LogP contribution in [-0.2, 0) is 54.7 Å². The van der Waals surface area contributed by atoms with Crippen LogP contribution in [0.1, 0.15) is 149 Å². The van der Waals surface area contributed by atoms with Crippen molar-refractivity contribution in [2.24, 2.45) is 5.84 Å². The zero-order valence-electron chi connectivity index (χ0n) is 56.7. The van der Waals surface area contributed by atoms with Gasteiger partial charge in [-0.15, -0.1) is 0 Å². The Hall–Kier alpha value is -10.8. The normalized spacial score (nSPS) is 11.0. The number of amides is 1. The van der Waals surface area contributed by atoms with Crippen LogP contribution < -0.4 is 41.2 Å². The number of benzene rings is 5. The highest BCUT2D eigenvalue weighted by Gasteiger charge is 2.25. The van der Waals surface area contributed by atoms with Gasteiger partial charge < -0.3 is 55.5 Å². The zero-order valence-corrected chi connectivity index (χ0v) is 58.4. The van der Waals surface area contributed by atoms with Crippen molar-refractivity contribution in [2.75, 3.05) is 72.5 Å². The number of carbonyl (C=O) groups excluding carboxylic acids is 5. The van der Waals surface area contributed by atoms with E-state index in [4.69, 9.17) is 45.8 Å². The molecular formula is C67H88N10O19S2. The van der Waals surface area contributed by atoms with Crippen LogP contribution in [0.25, 0.3) is 11.4 Å². The molecule has 0 aliphatic heterocycles. The van der Waals surface area contributed by atoms with Crippen molar-refractivity contribution >= 4 is 90.5 Å². The van der Waals surface area contributed by atoms with Crippen molar-refractivity contribution in [3.8, 4) is 22.9 Å². The van der Waals surface area contributed by atoms with Crippen LogP contribution in [0.3, 0.4) is 0 Å². The largest absolute Gasteiger partial charge is 0.515 e. The van der Waals surface area contributed by atoms with Gasteiger partial charge in [0.15, 0.2) is 17.8 Å². The van der Waals surface area contributed by atoms with Crippen molar-refractivity contribution in [1.82, 2.24) is 19.6 Å². The first kappa shape index (κ1) is 83.3. The lowest BCUT2D eigenvalue weighted by Crippen LogP contribution is -2.18. The maximum atomic E-state index is 13.3. The maximum Gasteiger partial charge on any atom is 0.344 e. The van der Waals surface area contributed by atoms with E-state index in [1.165, 1.54) is 60.4 Å². The molecule has 0 saturated carbocycles. The standard InChI is InChI=1S/C26H32N4O6S.C14H14N2O4.C12H20N2O3S.C8H10N2O2.C6H8O4.CH4/c1-8-36-25(32)18-14-27-30(15-18)22-11-17(10-9-16(22)2)24(31)28-20-12-19(26(3,4)5)13-21(23(20)35-6)29-37(7,33)34;1-3-20-14(19)11-7-15-16(8-11)12-6-10(13(17)18)5-4-9(12)2;1-12(2,3)8-6-9(13)11(17-4)10(7-8)14-18(5,15)16;1-5-2-3-6(8(11)12)4-7(5)10-9;1-2-10-6(9)5(3-7)4-8;/h9-15,29H,8H2,1-7H3,(H,28,31);4-8H,3H2,1-2H3,(H,17,18);6-7,14H,13H2,1-5H3;2-4,10H,9H2,1H3,(H,11,12);3-4,7H,2H2,1H3;1H4/b;;;;5-3-;. The molecular weight excluding hydrogens is 1310 g/mol. The molecule has 2 aromatic heterocycles. The molecule has 5 aromatic carbocycles. The molecule has 0 atom stereocenters. The second-order valence-electron chi connectivity index (χ2n) is 23.0. The predicted octanol–water partition coefficient (Wildman–Crippen LogP) is 10.1. The van der Waals surface area contributed by atoms with E-state index in [1.54, 1.807) is 87.6 Å². The number of ether oxygens (including phenoxy) is 5. The average Bonchev–Trinajstić information content (AvgIpc) is 0.824. The number of aldehydes is 1. The van der Waals surface area contributed by atoms with Crippen LogP contribution in [0.5, 0.6) is 11.5 Å². The molecule has 7 rings (SSSR count). The Kier molecular flexibility index (Phi) is 31.4. The van der Waals surface area contributed by atoms with Crippen molar-refractivity contribution in [3.63, 3.8) is 0 Å². The van der Waals surface area contributed by atoms with Crippen LogP contribution in [0.2, 0.25) is 0 Å². The van der Waals surface area contributed by atoms with E-state index >= 15 is 0 Å². The topological polar surface area (TPSA) is 430 Å². The Bertz CT molecular complexity index is 4240. The molecule has 0 aliphatic rings. The highest BCUT2D eigenvalue weighted by atomic mass is 32.2. The van der Waals surface area contributed by atoms with E-state index in [2.05, 4.69) is 35.1 Å². The number of aromatic nitrogens is 4. The molecule has 0 spiro atoms. The summed E-state index contributed by atoms with van der Waals surface area (Å²) >= 11 is 0. The number of rotatable bonds is 20. The molecule has 1 amide bonds. The van der Waals surface area contributed by atoms with Crippen LogP contribution in [-0.4, -0.2) is 140 Å². The number of nitrogen functional groups attached to an aromatic ring is 2. The fourth-order valence-electron chi connectivity index (χ4n) is 8.22. The Labute approximate surface area is 570 Å². The summed E-state index contributed by atoms with van der Waals surface area (Å²) in [6.45, 7) is 23.3. The van der Waals surface area contributed by atoms with Gasteiger partial charge in [0.25, 0.3) is 5.91 Å². The number of aryl methyl sites for hydroxylation is 3. The molecule has 0 saturated heterocycles. The summed E-state index contributed by atoms with van der Waals surface area (Å²) < 4.78 is 79.4. The Morgan fingerprint density at radius 2 is 0.969 bits per heavy atom. The summed E-state index contributed by atoms with van der Waals surface area (Å²) in [5.74, 6) is 1.56. The van der Waals surface area contributed by atoms with E-state index in [-0.39, 0.29) is 72.5 Å². The SMILES string of the molecule is C.CCOC(=O)/C(C=O)=C\O.CCOC(=O)c1cnn(-c2cc(C(=O)Nc3cc(C(C)(C)C)cc(NS(C)(=O)=O)c3OC)ccc2C)c1.CCOC(=O)c1cnn(-c2cc(C(=O)O)ccc2C)c1.COc1c(N)cc(C(C)(C)C)cc1NS(C)(=O)=O.Cc1ccc(C(=O)O)cc1NN. The molecule has 0 radical (unpaired) electrons. The predicted molar refractivity (Wildman–Crippen MR) is 374 cm³/mol. The number of aliphatic hydroxyl groups excluding tert-OH is 1. The smallest absolute Gasteiger partial charge is 0.344 e. The monoisotopic (exact) mass is 1400 g/mol. The zero-order chi connectivity index (χ0) is 73.5. The second kappa shape index (κ2) is 36.9. The van der Waals surface area contributed by atoms with Gasteiger partial charge in [0.05, 0.1) is 127 Å². The van der Waals surface area contributed by atoms with Crippen molar-refractivity contribution < 1.29 is 89.4 Å². The van der Waals surface area contributed by atoms with Crippen molar-refractivity contribution in [1.29, 1.82) is 0 Å². The minimum absolute atomic E-state index is 0. The summed E-state index contributed by atoms with van der Waals surface area (Å²) in [6.07, 6.45) is 8.65. The first-order valence-corrected chi connectivity index (χ1v) is 33.1. The van der Waals surface area contributed by atoms with Gasteiger partial charge in [-0.3, -0.25) is 24.9 Å². The van der Waals surface area contributed by atoms with Crippen LogP contribution in [0, 0.1) is 20.8 Å². The van der Waals surface area contributed by atoms with Crippen LogP contribution in [0.15, 0.2) is 115 Å². The third-order valence-corrected chi connectivity index (χ3v) is 14.4. The summed E-state index contributed by atoms with van der Waals surface area (Å²) in [7, 11) is -4.12. The number of nitrogens with two attached hydrogens (primary N) is 2. The molecule has 29 nitrogen and oxygen atoms in total. The molecule has 31 heteroatoms.